The molecule has 0 atom stereocenters. The van der Waals surface area contributed by atoms with Crippen LogP contribution in [0.4, 0.5) is 0 Å². The van der Waals surface area contributed by atoms with E-state index in [9.17, 15) is 9.59 Å². The van der Waals surface area contributed by atoms with Gasteiger partial charge in [0.2, 0.25) is 5.91 Å². The Labute approximate surface area is 129 Å². The van der Waals surface area contributed by atoms with Crippen LogP contribution in [0.5, 0.6) is 0 Å². The molecule has 0 unspecified atom stereocenters. The summed E-state index contributed by atoms with van der Waals surface area (Å²) in [7, 11) is 0. The Morgan fingerprint density at radius 1 is 1.23 bits per heavy atom. The summed E-state index contributed by atoms with van der Waals surface area (Å²) in [5.74, 6) is -0.157. The van der Waals surface area contributed by atoms with E-state index in [4.69, 9.17) is 0 Å². The topological polar surface area (TPSA) is 64.0 Å². The Balaban J connectivity index is 1.81. The molecular formula is C17H19N3O2. The van der Waals surface area contributed by atoms with Gasteiger partial charge in [0.15, 0.2) is 0 Å². The first-order valence-electron chi connectivity index (χ1n) is 7.62. The van der Waals surface area contributed by atoms with Crippen LogP contribution in [-0.4, -0.2) is 21.7 Å². The maximum atomic E-state index is 11.9. The van der Waals surface area contributed by atoms with Crippen LogP contribution in [0.3, 0.4) is 0 Å². The first-order valence-corrected chi connectivity index (χ1v) is 7.62. The Bertz CT molecular complexity index is 730. The van der Waals surface area contributed by atoms with E-state index in [1.54, 1.807) is 6.07 Å². The highest BCUT2D eigenvalue weighted by Gasteiger charge is 2.23. The van der Waals surface area contributed by atoms with Crippen molar-refractivity contribution in [3.63, 3.8) is 0 Å². The smallest absolute Gasteiger partial charge is 0.267 e. The molecule has 1 heterocycles. The maximum Gasteiger partial charge on any atom is 0.267 e. The normalized spacial score (nSPS) is 13.9. The minimum Gasteiger partial charge on any atom is -0.352 e. The van der Waals surface area contributed by atoms with Crippen LogP contribution in [0.15, 0.2) is 41.2 Å². The van der Waals surface area contributed by atoms with Crippen LogP contribution < -0.4 is 10.9 Å². The lowest BCUT2D eigenvalue weighted by molar-refractivity contribution is -0.122. The third kappa shape index (κ3) is 3.42. The van der Waals surface area contributed by atoms with Gasteiger partial charge < -0.3 is 5.32 Å². The SMILES string of the molecule is CCc1ccc(-c2ccc(=O)n(CC(=O)NC3CC3)n2)cc1. The van der Waals surface area contributed by atoms with E-state index in [2.05, 4.69) is 17.3 Å². The molecule has 1 fully saturated rings. The molecule has 2 aromatic rings. The predicted molar refractivity (Wildman–Crippen MR) is 84.5 cm³/mol. The zero-order chi connectivity index (χ0) is 15.5. The molecule has 1 N–H and O–H groups in total. The molecule has 3 rings (SSSR count). The highest BCUT2D eigenvalue weighted by atomic mass is 16.2. The van der Waals surface area contributed by atoms with E-state index in [-0.39, 0.29) is 24.1 Å². The highest BCUT2D eigenvalue weighted by molar-refractivity contribution is 5.76. The van der Waals surface area contributed by atoms with Crippen LogP contribution in [0.2, 0.25) is 0 Å². The van der Waals surface area contributed by atoms with E-state index < -0.39 is 0 Å². The number of hydrogen-bond acceptors (Lipinski definition) is 3. The second-order valence-electron chi connectivity index (χ2n) is 5.61. The standard InChI is InChI=1S/C17H19N3O2/c1-2-12-3-5-13(6-4-12)15-9-10-17(22)20(19-15)11-16(21)18-14-7-8-14/h3-6,9-10,14H,2,7-8,11H2,1H3,(H,18,21). The van der Waals surface area contributed by atoms with Crippen molar-refractivity contribution >= 4 is 5.91 Å². The summed E-state index contributed by atoms with van der Waals surface area (Å²) >= 11 is 0. The van der Waals surface area contributed by atoms with Gasteiger partial charge in [-0.3, -0.25) is 9.59 Å². The molecule has 0 aliphatic heterocycles. The Morgan fingerprint density at radius 2 is 1.95 bits per heavy atom. The van der Waals surface area contributed by atoms with Crippen molar-refractivity contribution in [1.29, 1.82) is 0 Å². The number of carbonyl (C=O) groups is 1. The molecule has 0 spiro atoms. The third-order valence-corrected chi connectivity index (χ3v) is 3.76. The molecule has 1 saturated carbocycles. The number of rotatable bonds is 5. The number of nitrogens with zero attached hydrogens (tertiary/aromatic N) is 2. The summed E-state index contributed by atoms with van der Waals surface area (Å²) in [4.78, 5) is 23.7. The number of amides is 1. The van der Waals surface area contributed by atoms with Gasteiger partial charge in [0.25, 0.3) is 5.56 Å². The van der Waals surface area contributed by atoms with Crippen LogP contribution >= 0.6 is 0 Å². The van der Waals surface area contributed by atoms with Crippen molar-refractivity contribution in [1.82, 2.24) is 15.1 Å². The molecule has 22 heavy (non-hydrogen) atoms. The van der Waals surface area contributed by atoms with E-state index in [1.807, 2.05) is 24.3 Å². The van der Waals surface area contributed by atoms with Crippen LogP contribution in [0.25, 0.3) is 11.3 Å². The average molecular weight is 297 g/mol. The third-order valence-electron chi connectivity index (χ3n) is 3.76. The fourth-order valence-electron chi connectivity index (χ4n) is 2.26. The zero-order valence-electron chi connectivity index (χ0n) is 12.6. The molecule has 0 saturated heterocycles. The van der Waals surface area contributed by atoms with Gasteiger partial charge in [0.1, 0.15) is 6.54 Å². The molecule has 0 bridgehead atoms. The summed E-state index contributed by atoms with van der Waals surface area (Å²) in [5.41, 5.74) is 2.62. The van der Waals surface area contributed by atoms with Crippen molar-refractivity contribution < 1.29 is 4.79 Å². The second kappa shape index (κ2) is 6.13. The zero-order valence-corrected chi connectivity index (χ0v) is 12.6. The van der Waals surface area contributed by atoms with Crippen molar-refractivity contribution in [3.8, 4) is 11.3 Å². The molecule has 1 amide bonds. The van der Waals surface area contributed by atoms with Crippen molar-refractivity contribution in [2.24, 2.45) is 0 Å². The fourth-order valence-corrected chi connectivity index (χ4v) is 2.26. The van der Waals surface area contributed by atoms with Gasteiger partial charge in [-0.2, -0.15) is 5.10 Å². The Kier molecular flexibility index (Phi) is 4.04. The van der Waals surface area contributed by atoms with Crippen molar-refractivity contribution in [3.05, 3.63) is 52.3 Å². The molecule has 1 aromatic carbocycles. The molecule has 0 radical (unpaired) electrons. The van der Waals surface area contributed by atoms with E-state index in [1.165, 1.54) is 16.3 Å². The maximum absolute atomic E-state index is 11.9. The molecule has 1 aliphatic carbocycles. The van der Waals surface area contributed by atoms with Crippen LogP contribution in [0.1, 0.15) is 25.3 Å². The number of aryl methyl sites for hydroxylation is 1. The molecule has 5 nitrogen and oxygen atoms in total. The van der Waals surface area contributed by atoms with E-state index in [0.717, 1.165) is 24.8 Å². The van der Waals surface area contributed by atoms with Gasteiger partial charge in [-0.05, 0) is 30.9 Å². The lowest BCUT2D eigenvalue weighted by atomic mass is 10.1. The van der Waals surface area contributed by atoms with Gasteiger partial charge in [-0.25, -0.2) is 4.68 Å². The highest BCUT2D eigenvalue weighted by Crippen LogP contribution is 2.18. The van der Waals surface area contributed by atoms with Gasteiger partial charge >= 0.3 is 0 Å². The number of hydrogen-bond donors (Lipinski definition) is 1. The number of carbonyl (C=O) groups excluding carboxylic acids is 1. The fraction of sp³-hybridized carbons (Fsp3) is 0.353. The minimum atomic E-state index is -0.264. The lowest BCUT2D eigenvalue weighted by Crippen LogP contribution is -2.34. The monoisotopic (exact) mass is 297 g/mol. The molecule has 1 aromatic heterocycles. The van der Waals surface area contributed by atoms with Gasteiger partial charge in [-0.15, -0.1) is 0 Å². The quantitative estimate of drug-likeness (QED) is 0.914. The Hall–Kier alpha value is -2.43. The van der Waals surface area contributed by atoms with Crippen molar-refractivity contribution in [2.45, 2.75) is 38.8 Å². The summed E-state index contributed by atoms with van der Waals surface area (Å²) < 4.78 is 1.22. The van der Waals surface area contributed by atoms with Gasteiger partial charge in [0.05, 0.1) is 5.69 Å². The predicted octanol–water partition coefficient (Wildman–Crippen LogP) is 1.75. The van der Waals surface area contributed by atoms with Crippen molar-refractivity contribution in [2.75, 3.05) is 0 Å². The lowest BCUT2D eigenvalue weighted by Gasteiger charge is -2.08. The van der Waals surface area contributed by atoms with Gasteiger partial charge in [0, 0.05) is 17.7 Å². The first-order chi connectivity index (χ1) is 10.7. The molecule has 1 aliphatic rings. The summed E-state index contributed by atoms with van der Waals surface area (Å²) in [5, 5.41) is 7.17. The number of benzene rings is 1. The molecular weight excluding hydrogens is 278 g/mol. The molecule has 114 valence electrons. The number of nitrogens with one attached hydrogen (secondary N) is 1. The summed E-state index contributed by atoms with van der Waals surface area (Å²) in [6.07, 6.45) is 3.03. The summed E-state index contributed by atoms with van der Waals surface area (Å²) in [6, 6.07) is 11.5. The summed E-state index contributed by atoms with van der Waals surface area (Å²) in [6.45, 7) is 2.07. The van der Waals surface area contributed by atoms with E-state index in [0.29, 0.717) is 5.69 Å². The van der Waals surface area contributed by atoms with Crippen LogP contribution in [0, 0.1) is 0 Å². The molecule has 5 heteroatoms. The van der Waals surface area contributed by atoms with Gasteiger partial charge in [-0.1, -0.05) is 31.2 Å². The van der Waals surface area contributed by atoms with Crippen LogP contribution in [-0.2, 0) is 17.8 Å². The largest absolute Gasteiger partial charge is 0.352 e. The Morgan fingerprint density at radius 3 is 2.59 bits per heavy atom. The second-order valence-corrected chi connectivity index (χ2v) is 5.61. The first kappa shape index (κ1) is 14.5. The average Bonchev–Trinajstić information content (AvgIpc) is 3.33. The minimum absolute atomic E-state index is 0.0315. The van der Waals surface area contributed by atoms with E-state index >= 15 is 0 Å². The number of aromatic nitrogens is 2.